The molecule has 6 nitrogen and oxygen atoms in total. The average molecular weight is 1460 g/mol. The lowest BCUT2D eigenvalue weighted by atomic mass is 9.33. The SMILES string of the molecule is c1ccc(N2c3cc4ccccc4cc3B3c4cc5ccccc5cc4N(c4ccccc4)c4cccc2c43)cc1.c1ccc(N2c3cccc4c3B(c3ccc5ccccc5c32)c2ccc3ccccc3c2N4c2ccccc2)cc1.c1ccc(N2c3ccccc3B3c4ccccc4N(c4ccccc4)c4cccc2c43)cc1. The summed E-state index contributed by atoms with van der Waals surface area (Å²) < 4.78 is 0. The second kappa shape index (κ2) is 27.0. The van der Waals surface area contributed by atoms with Crippen LogP contribution in [-0.4, -0.2) is 20.1 Å². The topological polar surface area (TPSA) is 19.4 Å². The van der Waals surface area contributed by atoms with E-state index in [9.17, 15) is 0 Å². The third kappa shape index (κ3) is 10.5. The molecule has 6 aliphatic heterocycles. The first-order valence-corrected chi connectivity index (χ1v) is 39.9. The highest BCUT2D eigenvalue weighted by Crippen LogP contribution is 2.50. The molecule has 6 heterocycles. The highest BCUT2D eigenvalue weighted by Gasteiger charge is 2.47. The fraction of sp³-hybridized carbons (Fsp3) is 0. The van der Waals surface area contributed by atoms with Gasteiger partial charge in [0.05, 0.1) is 0 Å². The lowest BCUT2D eigenvalue weighted by molar-refractivity contribution is 1.25. The van der Waals surface area contributed by atoms with Crippen LogP contribution < -0.4 is 78.6 Å². The highest BCUT2D eigenvalue weighted by molar-refractivity contribution is 7.02. The molecule has 0 saturated carbocycles. The highest BCUT2D eigenvalue weighted by atomic mass is 15.2. The summed E-state index contributed by atoms with van der Waals surface area (Å²) in [5.41, 5.74) is 34.2. The Labute approximate surface area is 670 Å². The van der Waals surface area contributed by atoms with Crippen molar-refractivity contribution in [2.45, 2.75) is 0 Å². The van der Waals surface area contributed by atoms with Crippen LogP contribution in [-0.2, 0) is 0 Å². The first kappa shape index (κ1) is 66.0. The van der Waals surface area contributed by atoms with Gasteiger partial charge >= 0.3 is 0 Å². The van der Waals surface area contributed by atoms with Gasteiger partial charge in [0, 0.05) is 113 Å². The minimum atomic E-state index is 0.111. The summed E-state index contributed by atoms with van der Waals surface area (Å²) in [6.45, 7) is 0.421. The summed E-state index contributed by atoms with van der Waals surface area (Å²) in [5.74, 6) is 0. The molecular formula is C106H71B3N6. The molecule has 0 saturated heterocycles. The van der Waals surface area contributed by atoms with Gasteiger partial charge in [-0.25, -0.2) is 0 Å². The van der Waals surface area contributed by atoms with Gasteiger partial charge in [0.15, 0.2) is 0 Å². The Hall–Kier alpha value is -14.8. The van der Waals surface area contributed by atoms with Crippen molar-refractivity contribution in [1.29, 1.82) is 0 Å². The van der Waals surface area contributed by atoms with Crippen LogP contribution in [0.2, 0.25) is 0 Å². The van der Waals surface area contributed by atoms with Crippen molar-refractivity contribution in [1.82, 2.24) is 0 Å². The second-order valence-electron chi connectivity index (χ2n) is 30.5. The Balaban J connectivity index is 0.000000103. The molecule has 0 radical (unpaired) electrons. The van der Waals surface area contributed by atoms with Gasteiger partial charge in [0.1, 0.15) is 0 Å². The minimum Gasteiger partial charge on any atom is -0.311 e. The first-order chi connectivity index (χ1) is 57.1. The molecule has 0 N–H and O–H groups in total. The number of hydrogen-bond donors (Lipinski definition) is 0. The van der Waals surface area contributed by atoms with E-state index in [4.69, 9.17) is 0 Å². The van der Waals surface area contributed by atoms with Crippen molar-refractivity contribution in [3.63, 3.8) is 0 Å². The van der Waals surface area contributed by atoms with Gasteiger partial charge < -0.3 is 29.4 Å². The number of hydrogen-bond acceptors (Lipinski definition) is 6. The van der Waals surface area contributed by atoms with E-state index >= 15 is 0 Å². The summed E-state index contributed by atoms with van der Waals surface area (Å²) in [5, 5.41) is 10.1. The molecule has 25 rings (SSSR count). The van der Waals surface area contributed by atoms with Crippen molar-refractivity contribution in [3.8, 4) is 0 Å². The van der Waals surface area contributed by atoms with Crippen molar-refractivity contribution >= 4 is 215 Å². The molecule has 0 aromatic heterocycles. The van der Waals surface area contributed by atoms with Crippen LogP contribution in [0, 0.1) is 0 Å². The number of nitrogens with zero attached hydrogens (tertiary/aromatic N) is 6. The first-order valence-electron chi connectivity index (χ1n) is 39.9. The predicted octanol–water partition coefficient (Wildman–Crippen LogP) is 21.9. The van der Waals surface area contributed by atoms with Crippen molar-refractivity contribution in [2.75, 3.05) is 29.4 Å². The van der Waals surface area contributed by atoms with E-state index in [-0.39, 0.29) is 20.1 Å². The zero-order chi connectivity index (χ0) is 75.6. The van der Waals surface area contributed by atoms with Crippen LogP contribution in [0.3, 0.4) is 0 Å². The standard InChI is InChI=1S/2C38H25BN2.C30H21BN2/c1-3-16-30(17-4-1)40-34-20-11-21-35-38(34)39(32-22-26-12-7-9-14-28(26)24-36(32)40)33-23-27-13-8-10-15-29(27)25-37(33)41(35)31-18-5-2-6-19-31;1-3-14-28(15-4-1)40-34-20-11-21-35-36(34)39(32-24-22-26-12-7-9-18-30(26)37(32)40)33-25-23-27-13-8-10-19-31(27)38(33)41(35)29-16-5-2-6-17-29;1-3-12-22(13-4-1)32-26-18-9-7-16-24(26)31-25-17-8-10-19-27(25)33(23-14-5-2-6-15-23)29-21-11-20-28(32)30(29)31/h2*1-25H;1-21H. The molecule has 0 unspecified atom stereocenters. The molecule has 19 aromatic carbocycles. The van der Waals surface area contributed by atoms with Crippen LogP contribution in [0.25, 0.3) is 43.1 Å². The van der Waals surface area contributed by atoms with E-state index in [0.29, 0.717) is 0 Å². The summed E-state index contributed by atoms with van der Waals surface area (Å²) in [6, 6.07) is 157. The monoisotopic (exact) mass is 1460 g/mol. The number of para-hydroxylation sites is 8. The molecule has 0 atom stereocenters. The third-order valence-electron chi connectivity index (χ3n) is 24.4. The molecule has 6 aliphatic rings. The Morgan fingerprint density at radius 1 is 0.139 bits per heavy atom. The minimum absolute atomic E-state index is 0.111. The lowest BCUT2D eigenvalue weighted by Gasteiger charge is -2.44. The summed E-state index contributed by atoms with van der Waals surface area (Å²) in [6.07, 6.45) is 0. The number of fused-ring (bicyclic) bond motifs is 18. The fourth-order valence-corrected chi connectivity index (χ4v) is 19.7. The van der Waals surface area contributed by atoms with Crippen LogP contribution in [0.1, 0.15) is 0 Å². The van der Waals surface area contributed by atoms with Gasteiger partial charge in [0.2, 0.25) is 0 Å². The Morgan fingerprint density at radius 2 is 0.374 bits per heavy atom. The Kier molecular flexibility index (Phi) is 15.5. The van der Waals surface area contributed by atoms with Crippen LogP contribution >= 0.6 is 0 Å². The molecule has 19 aromatic rings. The van der Waals surface area contributed by atoms with Gasteiger partial charge in [0.25, 0.3) is 20.1 Å². The molecule has 534 valence electrons. The largest absolute Gasteiger partial charge is 0.311 e. The van der Waals surface area contributed by atoms with Crippen molar-refractivity contribution in [2.24, 2.45) is 0 Å². The Bertz CT molecular complexity index is 6630. The molecule has 0 spiro atoms. The van der Waals surface area contributed by atoms with E-state index in [1.54, 1.807) is 0 Å². The summed E-state index contributed by atoms with van der Waals surface area (Å²) in [4.78, 5) is 14.7. The summed E-state index contributed by atoms with van der Waals surface area (Å²) >= 11 is 0. The lowest BCUT2D eigenvalue weighted by Crippen LogP contribution is -2.61. The molecule has 0 aliphatic carbocycles. The Morgan fingerprint density at radius 3 is 0.713 bits per heavy atom. The van der Waals surface area contributed by atoms with Crippen LogP contribution in [0.4, 0.5) is 102 Å². The normalized spacial score (nSPS) is 13.2. The zero-order valence-electron chi connectivity index (χ0n) is 62.9. The van der Waals surface area contributed by atoms with E-state index in [0.717, 1.165) is 0 Å². The molecule has 9 heteroatoms. The smallest absolute Gasteiger partial charge is 0.252 e. The second-order valence-corrected chi connectivity index (χ2v) is 30.5. The molecule has 0 amide bonds. The van der Waals surface area contributed by atoms with E-state index in [1.807, 2.05) is 0 Å². The van der Waals surface area contributed by atoms with E-state index in [1.165, 1.54) is 195 Å². The maximum atomic E-state index is 2.49. The van der Waals surface area contributed by atoms with Crippen molar-refractivity contribution in [3.05, 3.63) is 431 Å². The van der Waals surface area contributed by atoms with Crippen molar-refractivity contribution < 1.29 is 0 Å². The van der Waals surface area contributed by atoms with Gasteiger partial charge in [-0.15, -0.1) is 0 Å². The average Bonchev–Trinajstić information content (AvgIpc) is 0.692. The fourth-order valence-electron chi connectivity index (χ4n) is 19.7. The molecule has 0 bridgehead atoms. The van der Waals surface area contributed by atoms with E-state index in [2.05, 4.69) is 460 Å². The third-order valence-corrected chi connectivity index (χ3v) is 24.4. The van der Waals surface area contributed by atoms with Crippen LogP contribution in [0.5, 0.6) is 0 Å². The molecule has 0 fully saturated rings. The quantitative estimate of drug-likeness (QED) is 0.153. The maximum absolute atomic E-state index is 2.49. The zero-order valence-corrected chi connectivity index (χ0v) is 62.9. The van der Waals surface area contributed by atoms with Crippen LogP contribution in [0.15, 0.2) is 431 Å². The maximum Gasteiger partial charge on any atom is 0.252 e. The van der Waals surface area contributed by atoms with Gasteiger partial charge in [-0.3, -0.25) is 0 Å². The molecule has 115 heavy (non-hydrogen) atoms. The predicted molar refractivity (Wildman–Crippen MR) is 491 cm³/mol. The van der Waals surface area contributed by atoms with Gasteiger partial charge in [-0.2, -0.15) is 0 Å². The summed E-state index contributed by atoms with van der Waals surface area (Å²) in [7, 11) is 0. The number of rotatable bonds is 6. The van der Waals surface area contributed by atoms with E-state index < -0.39 is 0 Å². The number of benzene rings is 19. The molecular weight excluding hydrogens is 1390 g/mol. The number of anilines is 18. The van der Waals surface area contributed by atoms with Gasteiger partial charge in [-0.05, 0) is 215 Å². The van der Waals surface area contributed by atoms with Gasteiger partial charge in [-0.1, -0.05) is 297 Å².